The number of carbonyl (C=O) groups is 1. The van der Waals surface area contributed by atoms with Crippen molar-refractivity contribution in [1.29, 1.82) is 0 Å². The predicted octanol–water partition coefficient (Wildman–Crippen LogP) is 16.3. The molecule has 426 valence electrons. The molecule has 0 bridgehead atoms. The van der Waals surface area contributed by atoms with Gasteiger partial charge in [0.1, 0.15) is 34.5 Å². The molecule has 0 amide bonds. The smallest absolute Gasteiger partial charge is 0.336 e. The van der Waals surface area contributed by atoms with E-state index in [1.807, 2.05) is 84.9 Å². The summed E-state index contributed by atoms with van der Waals surface area (Å²) in [7, 11) is 0. The van der Waals surface area contributed by atoms with E-state index in [1.165, 1.54) is 44.0 Å². The fraction of sp³-hybridized carbons (Fsp3) is 0.0357. The summed E-state index contributed by atoms with van der Waals surface area (Å²) in [5, 5.41) is 44.0. The van der Waals surface area contributed by atoms with E-state index >= 15 is 0 Å². The summed E-state index contributed by atoms with van der Waals surface area (Å²) in [6, 6.07) is 91.0. The first-order valence-electron chi connectivity index (χ1n) is 30.2. The van der Waals surface area contributed by atoms with Crippen molar-refractivity contribution >= 4 is 73.4 Å². The number of hydrogen-bond acceptors (Lipinski definition) is 5. The van der Waals surface area contributed by atoms with Crippen LogP contribution in [0.2, 0.25) is 0 Å². The molecule has 14 aromatic carbocycles. The van der Waals surface area contributed by atoms with Gasteiger partial charge >= 0.3 is 5.97 Å². The minimum Gasteiger partial charge on any atom is -0.508 e. The van der Waals surface area contributed by atoms with Gasteiger partial charge in [0.25, 0.3) is 0 Å². The summed E-state index contributed by atoms with van der Waals surface area (Å²) in [6.45, 7) is 10.7. The Labute approximate surface area is 518 Å². The Kier molecular flexibility index (Phi) is 11.5. The highest BCUT2D eigenvalue weighted by Gasteiger charge is 2.51. The number of para-hydroxylation sites is 4. The van der Waals surface area contributed by atoms with E-state index in [9.17, 15) is 20.1 Å². The summed E-state index contributed by atoms with van der Waals surface area (Å²) in [6.07, 6.45) is 0. The molecule has 14 aromatic rings. The highest BCUT2D eigenvalue weighted by atomic mass is 16.5. The van der Waals surface area contributed by atoms with Crippen LogP contribution in [0.3, 0.4) is 0 Å². The second-order valence-electron chi connectivity index (χ2n) is 24.1. The van der Waals surface area contributed by atoms with Gasteiger partial charge in [0.15, 0.2) is 0 Å². The van der Waals surface area contributed by atoms with Crippen molar-refractivity contribution in [2.24, 2.45) is 0 Å². The number of phenols is 2. The number of carboxylic acid groups (broad SMARTS) is 1. The number of aryl methyl sites for hydroxylation is 1. The largest absolute Gasteiger partial charge is 0.508 e. The number of rotatable bonds is 3. The molecule has 18 rings (SSSR count). The molecule has 0 aromatic heterocycles. The summed E-state index contributed by atoms with van der Waals surface area (Å²) < 4.78 is 13.2. The van der Waals surface area contributed by atoms with Crippen molar-refractivity contribution in [2.45, 2.75) is 17.8 Å². The van der Waals surface area contributed by atoms with Crippen molar-refractivity contribution in [1.82, 2.24) is 0 Å². The van der Waals surface area contributed by atoms with Crippen LogP contribution in [0.15, 0.2) is 267 Å². The third kappa shape index (κ3) is 7.61. The maximum Gasteiger partial charge on any atom is 0.336 e. The predicted molar refractivity (Wildman–Crippen MR) is 360 cm³/mol. The van der Waals surface area contributed by atoms with Gasteiger partial charge in [0, 0.05) is 22.3 Å². The lowest BCUT2D eigenvalue weighted by Gasteiger charge is -2.45. The number of benzene rings is 14. The molecular formula is C84H54O6. The van der Waals surface area contributed by atoms with Gasteiger partial charge in [-0.2, -0.15) is 0 Å². The zero-order chi connectivity index (χ0) is 60.7. The molecule has 0 radical (unpaired) electrons. The zero-order valence-electron chi connectivity index (χ0n) is 48.9. The van der Waals surface area contributed by atoms with E-state index < -0.39 is 16.8 Å². The Morgan fingerprint density at radius 2 is 0.689 bits per heavy atom. The maximum absolute atomic E-state index is 12.7. The monoisotopic (exact) mass is 1160 g/mol. The maximum atomic E-state index is 12.7. The summed E-state index contributed by atoms with van der Waals surface area (Å²) in [4.78, 5) is 12.7. The Morgan fingerprint density at radius 3 is 1.13 bits per heavy atom. The van der Waals surface area contributed by atoms with Crippen molar-refractivity contribution in [3.05, 3.63) is 366 Å². The zero-order valence-corrected chi connectivity index (χ0v) is 48.9. The second-order valence-corrected chi connectivity index (χ2v) is 24.1. The highest BCUT2D eigenvalue weighted by molar-refractivity contribution is 6.03. The normalized spacial score (nSPS) is 14.0. The average molecular weight is 1160 g/mol. The first-order chi connectivity index (χ1) is 43.9. The van der Waals surface area contributed by atoms with Crippen LogP contribution in [0.25, 0.3) is 67.4 Å². The van der Waals surface area contributed by atoms with E-state index in [-0.39, 0.29) is 17.1 Å². The molecule has 0 atom stereocenters. The Balaban J connectivity index is 0.000000139. The van der Waals surface area contributed by atoms with E-state index in [4.69, 9.17) is 9.47 Å². The summed E-state index contributed by atoms with van der Waals surface area (Å²) in [5.74, 6) is 2.67. The number of phenolic OH excluding ortho intramolecular Hbond substituents is 2. The molecule has 0 fully saturated rings. The lowest BCUT2D eigenvalue weighted by molar-refractivity contribution is 0.0696. The molecule has 0 saturated carbocycles. The molecule has 0 unspecified atom stereocenters. The van der Waals surface area contributed by atoms with Crippen LogP contribution >= 0.6 is 0 Å². The minimum atomic E-state index is -0.985. The van der Waals surface area contributed by atoms with E-state index in [1.54, 1.807) is 30.3 Å². The van der Waals surface area contributed by atoms with Gasteiger partial charge in [-0.3, -0.25) is 0 Å². The Bertz CT molecular complexity index is 5670. The minimum absolute atomic E-state index is 0.180. The number of hydrogen-bond donors (Lipinski definition) is 3. The quantitative estimate of drug-likeness (QED) is 0.163. The molecule has 90 heavy (non-hydrogen) atoms. The molecule has 6 nitrogen and oxygen atoms in total. The van der Waals surface area contributed by atoms with Crippen LogP contribution in [0.1, 0.15) is 82.7 Å². The molecule has 2 spiro atoms. The lowest BCUT2D eigenvalue weighted by atomic mass is 9.58. The van der Waals surface area contributed by atoms with Gasteiger partial charge in [-0.25, -0.2) is 4.79 Å². The van der Waals surface area contributed by atoms with Crippen LogP contribution < -0.4 is 30.3 Å². The molecule has 2 aliphatic carbocycles. The Hall–Kier alpha value is -11.7. The van der Waals surface area contributed by atoms with E-state index in [0.717, 1.165) is 121 Å². The lowest BCUT2D eigenvalue weighted by Crippen LogP contribution is -2.42. The van der Waals surface area contributed by atoms with E-state index in [0.29, 0.717) is 5.56 Å². The number of aromatic carboxylic acids is 1. The average Bonchev–Trinajstić information content (AvgIpc) is 0.685. The van der Waals surface area contributed by atoms with Crippen LogP contribution in [-0.2, 0) is 10.8 Å². The molecule has 2 heterocycles. The Morgan fingerprint density at radius 1 is 0.333 bits per heavy atom. The SMILES string of the molecule is C=c1ccc2cc3c(cc2c1)C1(c2ccccc2Oc2ccccc21)c1cc2cc(O)ccc2cc1C=3c1ccccc1C.C=c1ccc2cc3c(cc2c1)C1(c2ccccc2Oc2ccccc21)c1cc2cc(O)ccc2cc1C=3c1ccccc1C(=O)O. The van der Waals surface area contributed by atoms with Gasteiger partial charge in [-0.15, -0.1) is 0 Å². The number of fused-ring (bicyclic) bond motifs is 20. The highest BCUT2D eigenvalue weighted by Crippen LogP contribution is 2.60. The van der Waals surface area contributed by atoms with Gasteiger partial charge in [0.05, 0.1) is 16.4 Å². The van der Waals surface area contributed by atoms with Crippen molar-refractivity contribution in [2.75, 3.05) is 0 Å². The van der Waals surface area contributed by atoms with Crippen molar-refractivity contribution in [3.8, 4) is 34.5 Å². The van der Waals surface area contributed by atoms with Crippen LogP contribution in [0.4, 0.5) is 0 Å². The number of aromatic hydroxyl groups is 2. The third-order valence-corrected chi connectivity index (χ3v) is 19.1. The van der Waals surface area contributed by atoms with Gasteiger partial charge in [0.2, 0.25) is 0 Å². The van der Waals surface area contributed by atoms with Gasteiger partial charge in [-0.05, 0) is 247 Å². The first-order valence-corrected chi connectivity index (χ1v) is 30.2. The molecule has 0 saturated heterocycles. The second kappa shape index (κ2) is 19.6. The number of carboxylic acids is 1. The molecule has 4 aliphatic rings. The molecule has 2 aliphatic heterocycles. The standard InChI is InChI=1S/C42H26O4.C42H28O2/c1-24-14-15-25-20-32-36(22-27(25)18-24)42(34-10-4-6-12-38(34)46-39-13-7-5-11-35(39)42)37-23-28-19-29(43)17-16-26(28)21-33(37)40(32)30-8-2-3-9-31(30)41(44)45;1-25-15-16-27-21-33-37(23-29(27)19-25)42(35-11-5-7-13-39(35)44-40-14-8-6-12-36(40)42)38-24-30-20-31(43)18-17-28(30)22-34(38)41(33)32-10-4-3-9-26(32)2/h2-23,43H,1H2,(H,44,45);3-24,43H,1H2,2H3. The topological polar surface area (TPSA) is 96.2 Å². The fourth-order valence-corrected chi connectivity index (χ4v) is 15.4. The van der Waals surface area contributed by atoms with Crippen LogP contribution in [0.5, 0.6) is 34.5 Å². The number of ether oxygens (including phenoxy) is 2. The van der Waals surface area contributed by atoms with Crippen LogP contribution in [0, 0.1) is 6.92 Å². The first kappa shape index (κ1) is 52.6. The molecular weight excluding hydrogens is 1100 g/mol. The third-order valence-electron chi connectivity index (χ3n) is 19.1. The van der Waals surface area contributed by atoms with Gasteiger partial charge in [-0.1, -0.05) is 165 Å². The molecule has 3 N–H and O–H groups in total. The van der Waals surface area contributed by atoms with E-state index in [2.05, 4.69) is 172 Å². The van der Waals surface area contributed by atoms with Crippen LogP contribution in [-0.4, -0.2) is 21.3 Å². The molecule has 6 heteroatoms. The summed E-state index contributed by atoms with van der Waals surface area (Å²) >= 11 is 0. The summed E-state index contributed by atoms with van der Waals surface area (Å²) in [5.41, 5.74) is 14.6. The van der Waals surface area contributed by atoms with Gasteiger partial charge < -0.3 is 24.8 Å². The van der Waals surface area contributed by atoms with Crippen molar-refractivity contribution < 1.29 is 29.6 Å². The fourth-order valence-electron chi connectivity index (χ4n) is 15.4. The van der Waals surface area contributed by atoms with Crippen molar-refractivity contribution in [3.63, 3.8) is 0 Å².